The number of hydrogen-bond acceptors (Lipinski definition) is 2. The summed E-state index contributed by atoms with van der Waals surface area (Å²) < 4.78 is 0. The van der Waals surface area contributed by atoms with Crippen LogP contribution >= 0.6 is 0 Å². The summed E-state index contributed by atoms with van der Waals surface area (Å²) in [5, 5.41) is 13.3. The van der Waals surface area contributed by atoms with E-state index < -0.39 is 0 Å². The second kappa shape index (κ2) is 4.79. The summed E-state index contributed by atoms with van der Waals surface area (Å²) in [5.74, 6) is 0.337. The molecule has 92 valence electrons. The number of nitrogens with one attached hydrogen (secondary N) is 1. The van der Waals surface area contributed by atoms with Crippen molar-refractivity contribution < 1.29 is 5.11 Å². The maximum Gasteiger partial charge on any atom is 0.0733 e. The summed E-state index contributed by atoms with van der Waals surface area (Å²) in [6.07, 6.45) is 5.97. The first-order valence-corrected chi connectivity index (χ1v) is 6.85. The second-order valence-electron chi connectivity index (χ2n) is 5.40. The van der Waals surface area contributed by atoms with Gasteiger partial charge in [0.05, 0.1) is 6.10 Å². The van der Waals surface area contributed by atoms with Crippen LogP contribution in [0.5, 0.6) is 0 Å². The van der Waals surface area contributed by atoms with Crippen molar-refractivity contribution in [3.05, 3.63) is 34.9 Å². The van der Waals surface area contributed by atoms with Crippen LogP contribution in [0.2, 0.25) is 0 Å². The number of aliphatic hydroxyl groups excluding tert-OH is 1. The highest BCUT2D eigenvalue weighted by molar-refractivity contribution is 5.36. The fourth-order valence-electron chi connectivity index (χ4n) is 3.21. The van der Waals surface area contributed by atoms with E-state index in [1.54, 1.807) is 0 Å². The molecular weight excluding hydrogens is 210 g/mol. The normalized spacial score (nSPS) is 28.8. The molecule has 1 heterocycles. The lowest BCUT2D eigenvalue weighted by atomic mass is 9.83. The molecule has 2 N–H and O–H groups in total. The van der Waals surface area contributed by atoms with Crippen molar-refractivity contribution in [1.29, 1.82) is 0 Å². The van der Waals surface area contributed by atoms with Gasteiger partial charge in [-0.05, 0) is 55.3 Å². The Balaban J connectivity index is 1.87. The van der Waals surface area contributed by atoms with Crippen molar-refractivity contribution in [1.82, 2.24) is 5.32 Å². The van der Waals surface area contributed by atoms with Crippen molar-refractivity contribution in [3.63, 3.8) is 0 Å². The molecule has 2 atom stereocenters. The number of rotatable bonds is 1. The van der Waals surface area contributed by atoms with Crippen LogP contribution in [0.15, 0.2) is 18.2 Å². The molecule has 1 aliphatic heterocycles. The van der Waals surface area contributed by atoms with Gasteiger partial charge < -0.3 is 10.4 Å². The molecular formula is C15H21NO. The van der Waals surface area contributed by atoms with Crippen molar-refractivity contribution in [2.45, 2.75) is 44.1 Å². The fraction of sp³-hybridized carbons (Fsp3) is 0.600. The number of aliphatic hydroxyl groups is 1. The molecule has 2 heteroatoms. The van der Waals surface area contributed by atoms with Gasteiger partial charge in [-0.1, -0.05) is 18.2 Å². The summed E-state index contributed by atoms with van der Waals surface area (Å²) in [5.41, 5.74) is 4.41. The van der Waals surface area contributed by atoms with Crippen LogP contribution in [0.1, 0.15) is 41.9 Å². The van der Waals surface area contributed by atoms with Gasteiger partial charge in [0.15, 0.2) is 0 Å². The number of piperidine rings is 1. The third kappa shape index (κ3) is 2.24. The molecule has 2 unspecified atom stereocenters. The van der Waals surface area contributed by atoms with Crippen LogP contribution in [0.4, 0.5) is 0 Å². The third-order valence-electron chi connectivity index (χ3n) is 4.25. The molecule has 1 saturated heterocycles. The minimum atomic E-state index is -0.217. The van der Waals surface area contributed by atoms with Gasteiger partial charge in [-0.15, -0.1) is 0 Å². The van der Waals surface area contributed by atoms with E-state index in [4.69, 9.17) is 0 Å². The molecule has 0 amide bonds. The van der Waals surface area contributed by atoms with Crippen molar-refractivity contribution >= 4 is 0 Å². The topological polar surface area (TPSA) is 32.3 Å². The second-order valence-corrected chi connectivity index (χ2v) is 5.40. The average Bonchev–Trinajstić information content (AvgIpc) is 2.39. The van der Waals surface area contributed by atoms with Gasteiger partial charge in [-0.25, -0.2) is 0 Å². The number of aryl methyl sites for hydroxylation is 2. The molecule has 3 rings (SSSR count). The molecule has 0 bridgehead atoms. The van der Waals surface area contributed by atoms with Crippen LogP contribution in [-0.4, -0.2) is 24.3 Å². The minimum absolute atomic E-state index is 0.217. The van der Waals surface area contributed by atoms with E-state index in [-0.39, 0.29) is 6.10 Å². The van der Waals surface area contributed by atoms with Gasteiger partial charge in [-0.2, -0.15) is 0 Å². The lowest BCUT2D eigenvalue weighted by Gasteiger charge is -2.29. The predicted octanol–water partition coefficient (Wildman–Crippen LogP) is 2.00. The first-order chi connectivity index (χ1) is 8.34. The van der Waals surface area contributed by atoms with E-state index >= 15 is 0 Å². The van der Waals surface area contributed by atoms with E-state index in [9.17, 15) is 5.11 Å². The summed E-state index contributed by atoms with van der Waals surface area (Å²) in [6, 6.07) is 6.88. The molecule has 2 nitrogen and oxygen atoms in total. The Kier molecular flexibility index (Phi) is 3.17. The molecule has 0 spiro atoms. The Morgan fingerprint density at radius 2 is 1.94 bits per heavy atom. The van der Waals surface area contributed by atoms with Crippen molar-refractivity contribution in [2.75, 3.05) is 13.1 Å². The third-order valence-corrected chi connectivity index (χ3v) is 4.25. The van der Waals surface area contributed by atoms with Crippen LogP contribution in [0.25, 0.3) is 0 Å². The highest BCUT2D eigenvalue weighted by atomic mass is 16.3. The summed E-state index contributed by atoms with van der Waals surface area (Å²) in [7, 11) is 0. The Hall–Kier alpha value is -0.860. The summed E-state index contributed by atoms with van der Waals surface area (Å²) in [4.78, 5) is 0. The van der Waals surface area contributed by atoms with Crippen LogP contribution in [0, 0.1) is 0 Å². The van der Waals surface area contributed by atoms with Crippen molar-refractivity contribution in [2.24, 2.45) is 0 Å². The molecule has 17 heavy (non-hydrogen) atoms. The quantitative estimate of drug-likeness (QED) is 0.775. The molecule has 1 aliphatic carbocycles. The number of fused-ring (bicyclic) bond motifs is 1. The van der Waals surface area contributed by atoms with Crippen LogP contribution < -0.4 is 5.32 Å². The van der Waals surface area contributed by atoms with Gasteiger partial charge in [0.1, 0.15) is 0 Å². The van der Waals surface area contributed by atoms with Gasteiger partial charge in [-0.3, -0.25) is 0 Å². The van der Waals surface area contributed by atoms with Crippen molar-refractivity contribution in [3.8, 4) is 0 Å². The highest BCUT2D eigenvalue weighted by Crippen LogP contribution is 2.30. The molecule has 1 aromatic rings. The van der Waals surface area contributed by atoms with Gasteiger partial charge in [0.25, 0.3) is 0 Å². The maximum atomic E-state index is 10.1. The van der Waals surface area contributed by atoms with E-state index in [0.717, 1.165) is 19.5 Å². The average molecular weight is 231 g/mol. The molecule has 1 aromatic carbocycles. The molecule has 0 saturated carbocycles. The van der Waals surface area contributed by atoms with E-state index in [1.165, 1.54) is 42.4 Å². The van der Waals surface area contributed by atoms with Crippen LogP contribution in [-0.2, 0) is 12.8 Å². The summed E-state index contributed by atoms with van der Waals surface area (Å²) >= 11 is 0. The van der Waals surface area contributed by atoms with Gasteiger partial charge in [0.2, 0.25) is 0 Å². The smallest absolute Gasteiger partial charge is 0.0733 e. The van der Waals surface area contributed by atoms with E-state index in [0.29, 0.717) is 5.92 Å². The largest absolute Gasteiger partial charge is 0.391 e. The molecule has 1 fully saturated rings. The number of hydrogen-bond donors (Lipinski definition) is 2. The zero-order valence-corrected chi connectivity index (χ0v) is 10.3. The first kappa shape index (κ1) is 11.2. The molecule has 0 radical (unpaired) electrons. The monoisotopic (exact) mass is 231 g/mol. The SMILES string of the molecule is OC1CNCCC1c1ccc2c(c1)CCCC2. The van der Waals surface area contributed by atoms with E-state index in [1.807, 2.05) is 0 Å². The van der Waals surface area contributed by atoms with Crippen LogP contribution in [0.3, 0.4) is 0 Å². The van der Waals surface area contributed by atoms with E-state index in [2.05, 4.69) is 23.5 Å². The highest BCUT2D eigenvalue weighted by Gasteiger charge is 2.25. The first-order valence-electron chi connectivity index (χ1n) is 6.85. The lowest BCUT2D eigenvalue weighted by Crippen LogP contribution is -2.39. The Morgan fingerprint density at radius 3 is 2.76 bits per heavy atom. The molecule has 0 aromatic heterocycles. The Bertz CT molecular complexity index is 402. The Labute approximate surface area is 103 Å². The molecule has 2 aliphatic rings. The number of β-amino-alcohol motifs (C(OH)–C–C–N with tert-alkyl or cyclic N) is 1. The lowest BCUT2D eigenvalue weighted by molar-refractivity contribution is 0.118. The van der Waals surface area contributed by atoms with Gasteiger partial charge >= 0.3 is 0 Å². The summed E-state index contributed by atoms with van der Waals surface area (Å²) in [6.45, 7) is 1.76. The number of benzene rings is 1. The standard InChI is InChI=1S/C15H21NO/c17-15-10-16-8-7-14(15)13-6-5-11-3-1-2-4-12(11)9-13/h5-6,9,14-17H,1-4,7-8,10H2. The Morgan fingerprint density at radius 1 is 1.12 bits per heavy atom. The zero-order valence-electron chi connectivity index (χ0n) is 10.3. The van der Waals surface area contributed by atoms with Gasteiger partial charge in [0, 0.05) is 12.5 Å². The fourth-order valence-corrected chi connectivity index (χ4v) is 3.21. The zero-order chi connectivity index (χ0) is 11.7. The maximum absolute atomic E-state index is 10.1. The predicted molar refractivity (Wildman–Crippen MR) is 69.3 cm³/mol. The minimum Gasteiger partial charge on any atom is -0.391 e.